The number of carbonyl (C=O) groups excluding carboxylic acids is 1. The molecule has 4 nitrogen and oxygen atoms in total. The first-order valence-electron chi connectivity index (χ1n) is 5.09. The zero-order chi connectivity index (χ0) is 13.9. The molecule has 0 aliphatic carbocycles. The van der Waals surface area contributed by atoms with Crippen LogP contribution >= 0.6 is 0 Å². The minimum Gasteiger partial charge on any atom is -0.370 e. The molecule has 0 aliphatic rings. The Morgan fingerprint density at radius 2 is 1.94 bits per heavy atom. The normalized spacial score (nSPS) is 11.1. The van der Waals surface area contributed by atoms with Gasteiger partial charge in [0.2, 0.25) is 0 Å². The Balaban J connectivity index is 3.24. The Morgan fingerprint density at radius 1 is 1.33 bits per heavy atom. The third kappa shape index (κ3) is 3.22. The van der Waals surface area contributed by atoms with E-state index in [1.807, 2.05) is 0 Å². The van der Waals surface area contributed by atoms with Gasteiger partial charge in [-0.05, 0) is 30.2 Å². The van der Waals surface area contributed by atoms with Gasteiger partial charge in [0.05, 0.1) is 5.56 Å². The second kappa shape index (κ2) is 5.07. The maximum Gasteiger partial charge on any atom is 0.416 e. The molecule has 1 amide bonds. The van der Waals surface area contributed by atoms with E-state index in [9.17, 15) is 18.0 Å². The molecule has 0 atom stereocenters. The molecular formula is C11H12F3N3O. The first kappa shape index (κ1) is 14.0. The second-order valence-electron chi connectivity index (χ2n) is 3.57. The number of hydrogen-bond donors (Lipinski definition) is 2. The lowest BCUT2D eigenvalue weighted by Crippen LogP contribution is -2.24. The van der Waals surface area contributed by atoms with Crippen LogP contribution in [0.5, 0.6) is 0 Å². The van der Waals surface area contributed by atoms with E-state index in [0.29, 0.717) is 0 Å². The minimum absolute atomic E-state index is 0.0684. The van der Waals surface area contributed by atoms with Gasteiger partial charge >= 0.3 is 6.18 Å². The number of nitrogens with zero attached hydrogens (tertiary/aromatic N) is 1. The van der Waals surface area contributed by atoms with Gasteiger partial charge in [0.15, 0.2) is 5.96 Å². The molecule has 0 bridgehead atoms. The van der Waals surface area contributed by atoms with Crippen LogP contribution in [0.15, 0.2) is 23.2 Å². The zero-order valence-electron chi connectivity index (χ0n) is 9.58. The molecule has 0 unspecified atom stereocenters. The zero-order valence-corrected chi connectivity index (χ0v) is 9.58. The van der Waals surface area contributed by atoms with Crippen molar-refractivity contribution in [2.24, 2.45) is 16.5 Å². The highest BCUT2D eigenvalue weighted by molar-refractivity contribution is 6.02. The number of amides is 1. The summed E-state index contributed by atoms with van der Waals surface area (Å²) in [4.78, 5) is 14.9. The van der Waals surface area contributed by atoms with Crippen LogP contribution in [0.3, 0.4) is 0 Å². The van der Waals surface area contributed by atoms with Gasteiger partial charge in [-0.1, -0.05) is 6.92 Å². The Hall–Kier alpha value is -2.05. The smallest absolute Gasteiger partial charge is 0.370 e. The number of nitrogens with two attached hydrogens (primary N) is 2. The van der Waals surface area contributed by atoms with Crippen molar-refractivity contribution in [2.75, 3.05) is 0 Å². The van der Waals surface area contributed by atoms with Crippen molar-refractivity contribution in [3.05, 3.63) is 34.9 Å². The molecule has 0 heterocycles. The molecule has 4 N–H and O–H groups in total. The van der Waals surface area contributed by atoms with Crippen LogP contribution in [0.2, 0.25) is 0 Å². The molecule has 1 aromatic rings. The fraction of sp³-hybridized carbons (Fsp3) is 0.273. The topological polar surface area (TPSA) is 81.5 Å². The van der Waals surface area contributed by atoms with Crippen molar-refractivity contribution in [2.45, 2.75) is 19.5 Å². The van der Waals surface area contributed by atoms with E-state index in [4.69, 9.17) is 11.5 Å². The Labute approximate surface area is 101 Å². The van der Waals surface area contributed by atoms with E-state index in [2.05, 4.69) is 4.99 Å². The van der Waals surface area contributed by atoms with Crippen LogP contribution in [-0.4, -0.2) is 11.9 Å². The fourth-order valence-electron chi connectivity index (χ4n) is 1.45. The van der Waals surface area contributed by atoms with Gasteiger partial charge in [0, 0.05) is 5.56 Å². The number of aryl methyl sites for hydroxylation is 1. The Kier molecular flexibility index (Phi) is 3.95. The highest BCUT2D eigenvalue weighted by atomic mass is 19.4. The summed E-state index contributed by atoms with van der Waals surface area (Å²) in [5.41, 5.74) is 9.61. The van der Waals surface area contributed by atoms with Gasteiger partial charge in [-0.25, -0.2) is 0 Å². The molecule has 18 heavy (non-hydrogen) atoms. The van der Waals surface area contributed by atoms with Crippen molar-refractivity contribution in [3.63, 3.8) is 0 Å². The van der Waals surface area contributed by atoms with Crippen molar-refractivity contribution < 1.29 is 18.0 Å². The molecule has 0 saturated heterocycles. The summed E-state index contributed by atoms with van der Waals surface area (Å²) >= 11 is 0. The van der Waals surface area contributed by atoms with E-state index < -0.39 is 23.6 Å². The SMILES string of the molecule is CCc1cc(C(F)(F)F)ccc1C(=O)N=C(N)N. The third-order valence-corrected chi connectivity index (χ3v) is 2.27. The van der Waals surface area contributed by atoms with E-state index in [0.717, 1.165) is 18.2 Å². The number of benzene rings is 1. The van der Waals surface area contributed by atoms with Gasteiger partial charge in [0.1, 0.15) is 0 Å². The van der Waals surface area contributed by atoms with Crippen LogP contribution in [0.4, 0.5) is 13.2 Å². The first-order chi connectivity index (χ1) is 8.25. The first-order valence-corrected chi connectivity index (χ1v) is 5.09. The standard InChI is InChI=1S/C11H12F3N3O/c1-2-6-5-7(11(12,13)14)3-4-8(6)9(18)17-10(15)16/h3-5H,2H2,1H3,(H4,15,16,17,18). The van der Waals surface area contributed by atoms with Crippen LogP contribution in [0.25, 0.3) is 0 Å². The lowest BCUT2D eigenvalue weighted by Gasteiger charge is -2.10. The summed E-state index contributed by atoms with van der Waals surface area (Å²) in [5.74, 6) is -1.18. The molecule has 0 radical (unpaired) electrons. The average molecular weight is 259 g/mol. The quantitative estimate of drug-likeness (QED) is 0.626. The summed E-state index contributed by atoms with van der Waals surface area (Å²) in [6.07, 6.45) is -4.17. The predicted molar refractivity (Wildman–Crippen MR) is 61.0 cm³/mol. The number of aliphatic imine (C=N–C) groups is 1. The summed E-state index contributed by atoms with van der Waals surface area (Å²) in [5, 5.41) is 0. The molecule has 98 valence electrons. The number of halogens is 3. The number of rotatable bonds is 2. The highest BCUT2D eigenvalue weighted by Gasteiger charge is 2.31. The number of hydrogen-bond acceptors (Lipinski definition) is 1. The predicted octanol–water partition coefficient (Wildman–Crippen LogP) is 1.68. The van der Waals surface area contributed by atoms with Gasteiger partial charge in [-0.3, -0.25) is 4.79 Å². The summed E-state index contributed by atoms with van der Waals surface area (Å²) in [6, 6.07) is 2.83. The number of guanidine groups is 1. The molecule has 1 rings (SSSR count). The second-order valence-corrected chi connectivity index (χ2v) is 3.57. The van der Waals surface area contributed by atoms with Crippen LogP contribution in [-0.2, 0) is 12.6 Å². The van der Waals surface area contributed by atoms with Crippen LogP contribution in [0.1, 0.15) is 28.4 Å². The Morgan fingerprint density at radius 3 is 2.39 bits per heavy atom. The third-order valence-electron chi connectivity index (χ3n) is 2.27. The molecule has 1 aromatic carbocycles. The monoisotopic (exact) mass is 259 g/mol. The molecule has 0 spiro atoms. The highest BCUT2D eigenvalue weighted by Crippen LogP contribution is 2.30. The van der Waals surface area contributed by atoms with Crippen molar-refractivity contribution >= 4 is 11.9 Å². The van der Waals surface area contributed by atoms with Crippen LogP contribution < -0.4 is 11.5 Å². The van der Waals surface area contributed by atoms with Crippen molar-refractivity contribution in [1.82, 2.24) is 0 Å². The molecular weight excluding hydrogens is 247 g/mol. The lowest BCUT2D eigenvalue weighted by molar-refractivity contribution is -0.137. The molecule has 0 fully saturated rings. The van der Waals surface area contributed by atoms with E-state index in [-0.39, 0.29) is 17.5 Å². The fourth-order valence-corrected chi connectivity index (χ4v) is 1.45. The van der Waals surface area contributed by atoms with E-state index in [1.54, 1.807) is 6.92 Å². The molecule has 0 aliphatic heterocycles. The van der Waals surface area contributed by atoms with Gasteiger partial charge in [-0.2, -0.15) is 18.2 Å². The average Bonchev–Trinajstić information content (AvgIpc) is 2.26. The van der Waals surface area contributed by atoms with Crippen LogP contribution in [0, 0.1) is 0 Å². The summed E-state index contributed by atoms with van der Waals surface area (Å²) in [7, 11) is 0. The van der Waals surface area contributed by atoms with Gasteiger partial charge in [-0.15, -0.1) is 0 Å². The lowest BCUT2D eigenvalue weighted by atomic mass is 10.0. The molecule has 0 aromatic heterocycles. The molecule has 0 saturated carbocycles. The Bertz CT molecular complexity index is 491. The summed E-state index contributed by atoms with van der Waals surface area (Å²) in [6.45, 7) is 1.64. The maximum absolute atomic E-state index is 12.5. The largest absolute Gasteiger partial charge is 0.416 e. The van der Waals surface area contributed by atoms with Crippen molar-refractivity contribution in [3.8, 4) is 0 Å². The van der Waals surface area contributed by atoms with E-state index >= 15 is 0 Å². The van der Waals surface area contributed by atoms with Gasteiger partial charge in [0.25, 0.3) is 5.91 Å². The summed E-state index contributed by atoms with van der Waals surface area (Å²) < 4.78 is 37.5. The maximum atomic E-state index is 12.5. The number of carbonyl (C=O) groups is 1. The molecule has 7 heteroatoms. The van der Waals surface area contributed by atoms with Crippen molar-refractivity contribution in [1.29, 1.82) is 0 Å². The number of alkyl halides is 3. The minimum atomic E-state index is -4.44. The van der Waals surface area contributed by atoms with Gasteiger partial charge < -0.3 is 11.5 Å². The van der Waals surface area contributed by atoms with E-state index in [1.165, 1.54) is 0 Å².